The first-order valence-corrected chi connectivity index (χ1v) is 5.37. The van der Waals surface area contributed by atoms with Crippen LogP contribution in [0.1, 0.15) is 0 Å². The van der Waals surface area contributed by atoms with Crippen LogP contribution in [0.25, 0.3) is 0 Å². The molecule has 0 radical (unpaired) electrons. The Kier molecular flexibility index (Phi) is 3.96. The van der Waals surface area contributed by atoms with Crippen LogP contribution in [-0.4, -0.2) is 30.7 Å². The number of amides is 1. The number of benzene rings is 1. The Labute approximate surface area is 92.4 Å². The van der Waals surface area contributed by atoms with Crippen molar-refractivity contribution >= 4 is 23.4 Å². The number of carbonyl (C=O) groups is 1. The van der Waals surface area contributed by atoms with Gasteiger partial charge in [0, 0.05) is 24.7 Å². The molecular weight excluding hydrogens is 215 g/mol. The minimum atomic E-state index is -0.383. The van der Waals surface area contributed by atoms with Gasteiger partial charge in [-0.1, -0.05) is 0 Å². The average molecular weight is 228 g/mol. The molecule has 0 saturated heterocycles. The molecule has 0 spiro atoms. The number of rotatable bonds is 3. The normalized spacial score (nSPS) is 10.1. The van der Waals surface area contributed by atoms with Gasteiger partial charge in [0.1, 0.15) is 5.82 Å². The summed E-state index contributed by atoms with van der Waals surface area (Å²) in [4.78, 5) is 13.2. The number of thioether (sulfide) groups is 1. The van der Waals surface area contributed by atoms with E-state index in [2.05, 4.69) is 0 Å². The molecular formula is C10H13FN2OS. The smallest absolute Gasteiger partial charge is 0.232 e. The SMILES string of the molecule is CN(C)C(=O)CSc1ccc(N)cc1F. The summed E-state index contributed by atoms with van der Waals surface area (Å²) in [6.45, 7) is 0. The maximum atomic E-state index is 13.3. The molecule has 0 unspecified atom stereocenters. The fourth-order valence-corrected chi connectivity index (χ4v) is 1.80. The zero-order valence-corrected chi connectivity index (χ0v) is 9.47. The fourth-order valence-electron chi connectivity index (χ4n) is 0.903. The van der Waals surface area contributed by atoms with Gasteiger partial charge in [0.25, 0.3) is 0 Å². The van der Waals surface area contributed by atoms with Crippen LogP contribution in [0, 0.1) is 5.82 Å². The molecule has 1 aromatic carbocycles. The van der Waals surface area contributed by atoms with Gasteiger partial charge in [0.05, 0.1) is 5.75 Å². The van der Waals surface area contributed by atoms with Gasteiger partial charge in [0.15, 0.2) is 0 Å². The Bertz CT molecular complexity index is 368. The van der Waals surface area contributed by atoms with Crippen molar-refractivity contribution in [3.8, 4) is 0 Å². The third kappa shape index (κ3) is 3.43. The minimum absolute atomic E-state index is 0.0452. The van der Waals surface area contributed by atoms with E-state index in [-0.39, 0.29) is 17.5 Å². The molecule has 0 aromatic heterocycles. The van der Waals surface area contributed by atoms with E-state index in [1.54, 1.807) is 26.2 Å². The number of hydrogen-bond donors (Lipinski definition) is 1. The highest BCUT2D eigenvalue weighted by Crippen LogP contribution is 2.23. The van der Waals surface area contributed by atoms with Gasteiger partial charge in [-0.3, -0.25) is 4.79 Å². The molecule has 0 bridgehead atoms. The Hall–Kier alpha value is -1.23. The van der Waals surface area contributed by atoms with Gasteiger partial charge >= 0.3 is 0 Å². The summed E-state index contributed by atoms with van der Waals surface area (Å²) in [6, 6.07) is 4.45. The van der Waals surface area contributed by atoms with Gasteiger partial charge in [-0.2, -0.15) is 0 Å². The maximum Gasteiger partial charge on any atom is 0.232 e. The molecule has 0 aliphatic rings. The summed E-state index contributed by atoms with van der Waals surface area (Å²) in [5.41, 5.74) is 5.79. The predicted octanol–water partition coefficient (Wildman–Crippen LogP) is 1.59. The molecule has 15 heavy (non-hydrogen) atoms. The second kappa shape index (κ2) is 5.02. The number of halogens is 1. The van der Waals surface area contributed by atoms with Crippen LogP contribution in [-0.2, 0) is 4.79 Å². The first-order valence-electron chi connectivity index (χ1n) is 4.38. The number of anilines is 1. The van der Waals surface area contributed by atoms with E-state index in [0.29, 0.717) is 10.6 Å². The number of hydrogen-bond acceptors (Lipinski definition) is 3. The molecule has 0 fully saturated rings. The third-order valence-corrected chi connectivity index (χ3v) is 2.84. The Balaban J connectivity index is 2.62. The van der Waals surface area contributed by atoms with Crippen LogP contribution in [0.5, 0.6) is 0 Å². The summed E-state index contributed by atoms with van der Waals surface area (Å²) < 4.78 is 13.3. The van der Waals surface area contributed by atoms with Gasteiger partial charge in [-0.15, -0.1) is 11.8 Å². The van der Waals surface area contributed by atoms with E-state index in [1.165, 1.54) is 22.7 Å². The first kappa shape index (κ1) is 11.8. The van der Waals surface area contributed by atoms with Crippen LogP contribution in [0.4, 0.5) is 10.1 Å². The largest absolute Gasteiger partial charge is 0.399 e. The van der Waals surface area contributed by atoms with Crippen molar-refractivity contribution in [1.29, 1.82) is 0 Å². The van der Waals surface area contributed by atoms with E-state index < -0.39 is 0 Å². The van der Waals surface area contributed by atoms with Crippen molar-refractivity contribution in [2.75, 3.05) is 25.6 Å². The van der Waals surface area contributed by atoms with Crippen LogP contribution in [0.15, 0.2) is 23.1 Å². The second-order valence-electron chi connectivity index (χ2n) is 3.27. The lowest BCUT2D eigenvalue weighted by Crippen LogP contribution is -2.23. The molecule has 2 N–H and O–H groups in total. The van der Waals surface area contributed by atoms with E-state index >= 15 is 0 Å². The van der Waals surface area contributed by atoms with E-state index in [9.17, 15) is 9.18 Å². The Morgan fingerprint density at radius 2 is 2.20 bits per heavy atom. The summed E-state index contributed by atoms with van der Waals surface area (Å²) >= 11 is 1.17. The van der Waals surface area contributed by atoms with E-state index in [1.807, 2.05) is 0 Å². The van der Waals surface area contributed by atoms with Crippen molar-refractivity contribution in [2.45, 2.75) is 4.90 Å². The Morgan fingerprint density at radius 1 is 1.53 bits per heavy atom. The van der Waals surface area contributed by atoms with E-state index in [4.69, 9.17) is 5.73 Å². The van der Waals surface area contributed by atoms with Gasteiger partial charge in [-0.05, 0) is 18.2 Å². The van der Waals surface area contributed by atoms with Crippen molar-refractivity contribution < 1.29 is 9.18 Å². The molecule has 0 aliphatic heterocycles. The van der Waals surface area contributed by atoms with Crippen LogP contribution < -0.4 is 5.73 Å². The van der Waals surface area contributed by atoms with Crippen molar-refractivity contribution in [2.24, 2.45) is 0 Å². The maximum absolute atomic E-state index is 13.3. The van der Waals surface area contributed by atoms with Gasteiger partial charge < -0.3 is 10.6 Å². The highest BCUT2D eigenvalue weighted by Gasteiger charge is 2.08. The zero-order valence-electron chi connectivity index (χ0n) is 8.66. The van der Waals surface area contributed by atoms with Crippen LogP contribution in [0.3, 0.4) is 0 Å². The molecule has 1 amide bonds. The molecule has 82 valence electrons. The number of nitrogens with two attached hydrogens (primary N) is 1. The van der Waals surface area contributed by atoms with Crippen molar-refractivity contribution in [1.82, 2.24) is 4.90 Å². The molecule has 1 rings (SSSR count). The van der Waals surface area contributed by atoms with E-state index in [0.717, 1.165) is 0 Å². The highest BCUT2D eigenvalue weighted by molar-refractivity contribution is 8.00. The standard InChI is InChI=1S/C10H13FN2OS/c1-13(2)10(14)6-15-9-4-3-7(12)5-8(9)11/h3-5H,6,12H2,1-2H3. The molecule has 5 heteroatoms. The fraction of sp³-hybridized carbons (Fsp3) is 0.300. The zero-order chi connectivity index (χ0) is 11.4. The number of nitrogen functional groups attached to an aromatic ring is 1. The number of nitrogens with zero attached hydrogens (tertiary/aromatic N) is 1. The van der Waals surface area contributed by atoms with Crippen LogP contribution >= 0.6 is 11.8 Å². The minimum Gasteiger partial charge on any atom is -0.399 e. The summed E-state index contributed by atoms with van der Waals surface area (Å²) in [5.74, 6) is -0.198. The third-order valence-electron chi connectivity index (χ3n) is 1.81. The lowest BCUT2D eigenvalue weighted by Gasteiger charge is -2.09. The molecule has 0 heterocycles. The molecule has 0 atom stereocenters. The number of carbonyl (C=O) groups excluding carboxylic acids is 1. The van der Waals surface area contributed by atoms with Crippen molar-refractivity contribution in [3.63, 3.8) is 0 Å². The second-order valence-corrected chi connectivity index (χ2v) is 4.28. The first-order chi connectivity index (χ1) is 7.00. The van der Waals surface area contributed by atoms with Gasteiger partial charge in [0.2, 0.25) is 5.91 Å². The lowest BCUT2D eigenvalue weighted by molar-refractivity contribution is -0.125. The Morgan fingerprint density at radius 3 is 2.73 bits per heavy atom. The summed E-state index contributed by atoms with van der Waals surface area (Å²) in [5, 5.41) is 0. The molecule has 0 aliphatic carbocycles. The van der Waals surface area contributed by atoms with Gasteiger partial charge in [-0.25, -0.2) is 4.39 Å². The quantitative estimate of drug-likeness (QED) is 0.631. The topological polar surface area (TPSA) is 46.3 Å². The monoisotopic (exact) mass is 228 g/mol. The molecule has 1 aromatic rings. The summed E-state index contributed by atoms with van der Waals surface area (Å²) in [7, 11) is 3.34. The molecule has 0 saturated carbocycles. The average Bonchev–Trinajstić information content (AvgIpc) is 2.15. The highest BCUT2D eigenvalue weighted by atomic mass is 32.2. The molecule has 3 nitrogen and oxygen atoms in total. The van der Waals surface area contributed by atoms with Crippen molar-refractivity contribution in [3.05, 3.63) is 24.0 Å². The predicted molar refractivity (Wildman–Crippen MR) is 60.2 cm³/mol. The lowest BCUT2D eigenvalue weighted by atomic mass is 10.3. The van der Waals surface area contributed by atoms with Crippen LogP contribution in [0.2, 0.25) is 0 Å². The summed E-state index contributed by atoms with van der Waals surface area (Å²) in [6.07, 6.45) is 0.